The maximum Gasteiger partial charge on any atom is 0.246 e. The molecule has 0 saturated carbocycles. The number of anilines is 3. The summed E-state index contributed by atoms with van der Waals surface area (Å²) in [5.41, 5.74) is 3.03. The molecule has 1 saturated heterocycles. The smallest absolute Gasteiger partial charge is 0.246 e. The molecule has 1 aromatic carbocycles. The molecule has 0 unspecified atom stereocenters. The summed E-state index contributed by atoms with van der Waals surface area (Å²) >= 11 is 6.50. The van der Waals surface area contributed by atoms with Crippen LogP contribution in [0.4, 0.5) is 17.3 Å². The fraction of sp³-hybridized carbons (Fsp3) is 0.269. The molecule has 5 rings (SSSR count). The molecule has 0 bridgehead atoms. The molecule has 37 heavy (non-hydrogen) atoms. The molecule has 0 spiro atoms. The summed E-state index contributed by atoms with van der Waals surface area (Å²) in [4.78, 5) is 29.5. The van der Waals surface area contributed by atoms with Crippen molar-refractivity contribution in [2.75, 3.05) is 30.4 Å². The lowest BCUT2D eigenvalue weighted by molar-refractivity contribution is -0.125. The normalized spacial score (nSPS) is 15.1. The van der Waals surface area contributed by atoms with Crippen molar-refractivity contribution >= 4 is 45.9 Å². The monoisotopic (exact) mass is 518 g/mol. The topological polar surface area (TPSA) is 101 Å². The zero-order valence-corrected chi connectivity index (χ0v) is 21.4. The van der Waals surface area contributed by atoms with E-state index in [2.05, 4.69) is 31.9 Å². The van der Waals surface area contributed by atoms with E-state index < -0.39 is 0 Å². The number of nitrogens with zero attached hydrogens (tertiary/aromatic N) is 7. The van der Waals surface area contributed by atoms with Gasteiger partial charge in [-0.05, 0) is 48.9 Å². The molecule has 3 aromatic heterocycles. The average Bonchev–Trinajstić information content (AvgIpc) is 3.57. The summed E-state index contributed by atoms with van der Waals surface area (Å²) < 4.78 is 7.62. The van der Waals surface area contributed by atoms with Crippen molar-refractivity contribution in [2.24, 2.45) is 7.05 Å². The van der Waals surface area contributed by atoms with Crippen LogP contribution in [0.5, 0.6) is 5.75 Å². The highest BCUT2D eigenvalue weighted by atomic mass is 35.5. The molecular formula is C26H27ClN8O2. The van der Waals surface area contributed by atoms with Gasteiger partial charge in [0.15, 0.2) is 5.82 Å². The van der Waals surface area contributed by atoms with Crippen LogP contribution in [0.25, 0.3) is 11.0 Å². The SMILES string of the molecule is C=CC(=O)N1CC[C@H](N(C)c2ccc3ncnc(Nc4ccc(OCc5ccnn5C)c(Cl)c4)c3n2)C1. The molecule has 0 aliphatic carbocycles. The number of fused-ring (bicyclic) bond motifs is 1. The van der Waals surface area contributed by atoms with Gasteiger partial charge in [-0.15, -0.1) is 0 Å². The van der Waals surface area contributed by atoms with Crippen LogP contribution >= 0.6 is 11.6 Å². The molecule has 0 radical (unpaired) electrons. The molecule has 10 nitrogen and oxygen atoms in total. The fourth-order valence-corrected chi connectivity index (χ4v) is 4.55. The van der Waals surface area contributed by atoms with Crippen molar-refractivity contribution in [3.05, 3.63) is 72.3 Å². The number of aryl methyl sites for hydroxylation is 1. The standard InChI is InChI=1S/C26H27ClN8O2/c1-4-24(36)35-12-10-18(14-35)33(2)23-8-6-21-25(32-23)26(29-16-28-21)31-17-5-7-22(20(27)13-17)37-15-19-9-11-30-34(19)3/h4-9,11,13,16,18H,1,10,12,14-15H2,2-3H3,(H,28,29,31)/t18-/m0/s1. The van der Waals surface area contributed by atoms with Crippen LogP contribution in [-0.2, 0) is 18.4 Å². The molecule has 1 amide bonds. The van der Waals surface area contributed by atoms with Crippen molar-refractivity contribution in [3.8, 4) is 5.75 Å². The number of ether oxygens (including phenoxy) is 1. The maximum atomic E-state index is 12.0. The number of hydrogen-bond donors (Lipinski definition) is 1. The fourth-order valence-electron chi connectivity index (χ4n) is 4.32. The number of aromatic nitrogens is 5. The quantitative estimate of drug-likeness (QED) is 0.350. The number of likely N-dealkylation sites (tertiary alicyclic amines) is 1. The first kappa shape index (κ1) is 24.5. The summed E-state index contributed by atoms with van der Waals surface area (Å²) in [6, 6.07) is 11.4. The molecule has 1 N–H and O–H groups in total. The second-order valence-electron chi connectivity index (χ2n) is 8.81. The number of nitrogens with one attached hydrogen (secondary N) is 1. The van der Waals surface area contributed by atoms with Gasteiger partial charge in [-0.25, -0.2) is 15.0 Å². The molecule has 190 valence electrons. The van der Waals surface area contributed by atoms with E-state index in [9.17, 15) is 4.79 Å². The van der Waals surface area contributed by atoms with Crippen LogP contribution in [0.15, 0.2) is 61.6 Å². The Hall–Kier alpha value is -4.18. The minimum Gasteiger partial charge on any atom is -0.486 e. The number of carbonyl (C=O) groups excluding carboxylic acids is 1. The van der Waals surface area contributed by atoms with Gasteiger partial charge in [-0.2, -0.15) is 5.10 Å². The van der Waals surface area contributed by atoms with Crippen LogP contribution in [0.1, 0.15) is 12.1 Å². The lowest BCUT2D eigenvalue weighted by Crippen LogP contribution is -2.36. The third kappa shape index (κ3) is 5.19. The van der Waals surface area contributed by atoms with E-state index in [1.807, 2.05) is 44.4 Å². The first-order valence-corrected chi connectivity index (χ1v) is 12.2. The number of benzene rings is 1. The molecule has 4 aromatic rings. The zero-order valence-electron chi connectivity index (χ0n) is 20.6. The summed E-state index contributed by atoms with van der Waals surface area (Å²) in [7, 11) is 3.85. The lowest BCUT2D eigenvalue weighted by atomic mass is 10.2. The van der Waals surface area contributed by atoms with Crippen LogP contribution < -0.4 is 15.0 Å². The van der Waals surface area contributed by atoms with E-state index in [0.29, 0.717) is 47.3 Å². The van der Waals surface area contributed by atoms with E-state index in [1.54, 1.807) is 21.8 Å². The van der Waals surface area contributed by atoms with Crippen molar-refractivity contribution < 1.29 is 9.53 Å². The summed E-state index contributed by atoms with van der Waals surface area (Å²) in [6.07, 6.45) is 5.44. The van der Waals surface area contributed by atoms with E-state index >= 15 is 0 Å². The Morgan fingerprint density at radius 2 is 2.16 bits per heavy atom. The Morgan fingerprint density at radius 1 is 1.30 bits per heavy atom. The zero-order chi connectivity index (χ0) is 25.9. The van der Waals surface area contributed by atoms with Gasteiger partial charge in [0, 0.05) is 45.1 Å². The Bertz CT molecular complexity index is 1460. The number of halogens is 1. The molecule has 1 fully saturated rings. The Kier molecular flexibility index (Phi) is 6.91. The molecule has 4 heterocycles. The van der Waals surface area contributed by atoms with Crippen molar-refractivity contribution in [2.45, 2.75) is 19.1 Å². The number of pyridine rings is 1. The minimum atomic E-state index is -0.0469. The number of amides is 1. The first-order valence-electron chi connectivity index (χ1n) is 11.8. The van der Waals surface area contributed by atoms with E-state index in [4.69, 9.17) is 21.3 Å². The van der Waals surface area contributed by atoms with E-state index in [0.717, 1.165) is 23.6 Å². The van der Waals surface area contributed by atoms with Crippen LogP contribution in [0.3, 0.4) is 0 Å². The summed E-state index contributed by atoms with van der Waals surface area (Å²) in [6.45, 7) is 5.28. The average molecular weight is 519 g/mol. The predicted octanol–water partition coefficient (Wildman–Crippen LogP) is 3.96. The van der Waals surface area contributed by atoms with Gasteiger partial charge >= 0.3 is 0 Å². The van der Waals surface area contributed by atoms with Gasteiger partial charge < -0.3 is 19.9 Å². The van der Waals surface area contributed by atoms with Gasteiger partial charge in [0.1, 0.15) is 30.0 Å². The lowest BCUT2D eigenvalue weighted by Gasteiger charge is -2.26. The summed E-state index contributed by atoms with van der Waals surface area (Å²) in [5.74, 6) is 1.87. The third-order valence-corrected chi connectivity index (χ3v) is 6.81. The minimum absolute atomic E-state index is 0.0469. The van der Waals surface area contributed by atoms with Crippen LogP contribution in [0, 0.1) is 0 Å². The van der Waals surface area contributed by atoms with Gasteiger partial charge in [-0.1, -0.05) is 18.2 Å². The Balaban J connectivity index is 1.33. The van der Waals surface area contributed by atoms with Crippen molar-refractivity contribution in [1.29, 1.82) is 0 Å². The molecule has 1 aliphatic heterocycles. The van der Waals surface area contributed by atoms with Gasteiger partial charge in [0.05, 0.1) is 16.2 Å². The van der Waals surface area contributed by atoms with Crippen molar-refractivity contribution in [3.63, 3.8) is 0 Å². The number of hydrogen-bond acceptors (Lipinski definition) is 8. The highest BCUT2D eigenvalue weighted by Gasteiger charge is 2.28. The van der Waals surface area contributed by atoms with Crippen molar-refractivity contribution in [1.82, 2.24) is 29.6 Å². The van der Waals surface area contributed by atoms with Crippen LogP contribution in [-0.4, -0.2) is 61.7 Å². The second-order valence-corrected chi connectivity index (χ2v) is 9.21. The van der Waals surface area contributed by atoms with Crippen LogP contribution in [0.2, 0.25) is 5.02 Å². The highest BCUT2D eigenvalue weighted by molar-refractivity contribution is 6.32. The molecule has 1 aliphatic rings. The molecule has 11 heteroatoms. The maximum absolute atomic E-state index is 12.0. The second kappa shape index (κ2) is 10.4. The largest absolute Gasteiger partial charge is 0.486 e. The molecule has 1 atom stereocenters. The first-order chi connectivity index (χ1) is 17.9. The number of likely N-dealkylation sites (N-methyl/N-ethyl adjacent to an activating group) is 1. The van der Waals surface area contributed by atoms with E-state index in [1.165, 1.54) is 12.4 Å². The number of rotatable bonds is 8. The van der Waals surface area contributed by atoms with Gasteiger partial charge in [0.2, 0.25) is 5.91 Å². The van der Waals surface area contributed by atoms with E-state index in [-0.39, 0.29) is 11.9 Å². The predicted molar refractivity (Wildman–Crippen MR) is 143 cm³/mol. The molecular weight excluding hydrogens is 492 g/mol. The number of carbonyl (C=O) groups is 1. The Morgan fingerprint density at radius 3 is 2.92 bits per heavy atom. The highest BCUT2D eigenvalue weighted by Crippen LogP contribution is 2.31. The third-order valence-electron chi connectivity index (χ3n) is 6.52. The Labute approximate surface area is 219 Å². The van der Waals surface area contributed by atoms with Gasteiger partial charge in [0.25, 0.3) is 0 Å². The van der Waals surface area contributed by atoms with Gasteiger partial charge in [-0.3, -0.25) is 9.48 Å². The summed E-state index contributed by atoms with van der Waals surface area (Å²) in [5, 5.41) is 7.92.